The van der Waals surface area contributed by atoms with E-state index >= 15 is 0 Å². The van der Waals surface area contributed by atoms with Crippen molar-refractivity contribution in [1.29, 1.82) is 0 Å². The molecule has 82 valence electrons. The van der Waals surface area contributed by atoms with Gasteiger partial charge in [0.1, 0.15) is 4.21 Å². The van der Waals surface area contributed by atoms with Crippen LogP contribution in [0.15, 0.2) is 56.5 Å². The number of benzene rings is 1. The molecule has 0 bridgehead atoms. The number of thiophene rings is 1. The molecule has 3 nitrogen and oxygen atoms in total. The zero-order valence-electron chi connectivity index (χ0n) is 8.28. The molecule has 0 atom stereocenters. The predicted octanol–water partition coefficient (Wildman–Crippen LogP) is 2.56. The lowest BCUT2D eigenvalue weighted by atomic mass is 10.2. The van der Waals surface area contributed by atoms with Crippen LogP contribution in [-0.2, 0) is 10.0 Å². The fourth-order valence-electron chi connectivity index (χ4n) is 1.13. The van der Waals surface area contributed by atoms with E-state index in [9.17, 15) is 8.42 Å². The number of hydrogen-bond acceptors (Lipinski definition) is 3. The van der Waals surface area contributed by atoms with Gasteiger partial charge in [-0.15, -0.1) is 11.3 Å². The summed E-state index contributed by atoms with van der Waals surface area (Å²) in [5, 5.41) is 1.71. The topological polar surface area (TPSA) is 46.5 Å². The Balaban J connectivity index is 2.26. The molecule has 1 aromatic heterocycles. The van der Waals surface area contributed by atoms with Crippen molar-refractivity contribution in [2.75, 3.05) is 0 Å². The van der Waals surface area contributed by atoms with Gasteiger partial charge in [-0.1, -0.05) is 36.4 Å². The molecule has 1 heterocycles. The summed E-state index contributed by atoms with van der Waals surface area (Å²) in [5.74, 6) is 0. The smallest absolute Gasteiger partial charge is 0.198 e. The third-order valence-electron chi connectivity index (χ3n) is 1.89. The van der Waals surface area contributed by atoms with Gasteiger partial charge < -0.3 is 0 Å². The van der Waals surface area contributed by atoms with Crippen molar-refractivity contribution in [1.82, 2.24) is 0 Å². The van der Waals surface area contributed by atoms with Crippen molar-refractivity contribution in [3.63, 3.8) is 0 Å². The van der Waals surface area contributed by atoms with Crippen molar-refractivity contribution in [3.8, 4) is 0 Å². The molecule has 2 rings (SSSR count). The number of rotatable bonds is 3. The van der Waals surface area contributed by atoms with Crippen LogP contribution in [0.25, 0.3) is 0 Å². The standard InChI is InChI=1S/C11H9NO2S2/c13-16(14,11-7-4-8-15-11)12-9-10-5-2-1-3-6-10/h1-9H/b12-9+. The predicted molar refractivity (Wildman–Crippen MR) is 65.5 cm³/mol. The molecule has 0 aliphatic carbocycles. The van der Waals surface area contributed by atoms with E-state index in [0.29, 0.717) is 0 Å². The van der Waals surface area contributed by atoms with E-state index in [-0.39, 0.29) is 4.21 Å². The van der Waals surface area contributed by atoms with Crippen LogP contribution in [0.4, 0.5) is 0 Å². The van der Waals surface area contributed by atoms with Gasteiger partial charge in [0.05, 0.1) is 0 Å². The minimum atomic E-state index is -3.53. The highest BCUT2D eigenvalue weighted by atomic mass is 32.2. The zero-order chi connectivity index (χ0) is 11.4. The van der Waals surface area contributed by atoms with Crippen molar-refractivity contribution < 1.29 is 8.42 Å². The first-order valence-corrected chi connectivity index (χ1v) is 6.89. The average Bonchev–Trinajstić information content (AvgIpc) is 2.82. The highest BCUT2D eigenvalue weighted by Crippen LogP contribution is 2.18. The van der Waals surface area contributed by atoms with E-state index in [0.717, 1.165) is 16.9 Å². The van der Waals surface area contributed by atoms with E-state index < -0.39 is 10.0 Å². The molecule has 0 N–H and O–H groups in total. The van der Waals surface area contributed by atoms with E-state index in [1.807, 2.05) is 18.2 Å². The Morgan fingerprint density at radius 2 is 1.81 bits per heavy atom. The molecule has 0 fully saturated rings. The van der Waals surface area contributed by atoms with Crippen molar-refractivity contribution in [2.45, 2.75) is 4.21 Å². The van der Waals surface area contributed by atoms with Gasteiger partial charge in [-0.2, -0.15) is 12.8 Å². The Hall–Kier alpha value is -1.46. The maximum Gasteiger partial charge on any atom is 0.291 e. The SMILES string of the molecule is O=S(=O)(/N=C/c1ccccc1)c1cccs1. The van der Waals surface area contributed by atoms with Crippen LogP contribution in [0.1, 0.15) is 5.56 Å². The summed E-state index contributed by atoms with van der Waals surface area (Å²) >= 11 is 1.16. The van der Waals surface area contributed by atoms with Gasteiger partial charge in [0, 0.05) is 6.21 Å². The molecular formula is C11H9NO2S2. The summed E-state index contributed by atoms with van der Waals surface area (Å²) in [6.45, 7) is 0. The molecule has 0 saturated heterocycles. The van der Waals surface area contributed by atoms with E-state index in [1.54, 1.807) is 29.6 Å². The largest absolute Gasteiger partial charge is 0.291 e. The first-order valence-electron chi connectivity index (χ1n) is 4.57. The van der Waals surface area contributed by atoms with Crippen molar-refractivity contribution in [2.24, 2.45) is 4.40 Å². The fraction of sp³-hybridized carbons (Fsp3) is 0. The lowest BCUT2D eigenvalue weighted by Gasteiger charge is -1.93. The summed E-state index contributed by atoms with van der Waals surface area (Å²) < 4.78 is 27.2. The second-order valence-corrected chi connectivity index (χ2v) is 5.86. The normalized spacial score (nSPS) is 12.0. The van der Waals surface area contributed by atoms with Gasteiger partial charge in [-0.3, -0.25) is 0 Å². The van der Waals surface area contributed by atoms with Crippen LogP contribution in [-0.4, -0.2) is 14.6 Å². The average molecular weight is 251 g/mol. The summed E-state index contributed by atoms with van der Waals surface area (Å²) in [6.07, 6.45) is 1.36. The number of nitrogens with zero attached hydrogens (tertiary/aromatic N) is 1. The molecule has 0 unspecified atom stereocenters. The lowest BCUT2D eigenvalue weighted by molar-refractivity contribution is 0.600. The Kier molecular flexibility index (Phi) is 3.17. The Bertz CT molecular complexity index is 572. The van der Waals surface area contributed by atoms with Gasteiger partial charge >= 0.3 is 0 Å². The monoisotopic (exact) mass is 251 g/mol. The third kappa shape index (κ3) is 2.56. The molecule has 0 radical (unpaired) electrons. The van der Waals surface area contributed by atoms with E-state index in [4.69, 9.17) is 0 Å². The first kappa shape index (κ1) is 11.0. The Morgan fingerprint density at radius 1 is 1.06 bits per heavy atom. The quantitative estimate of drug-likeness (QED) is 0.787. The van der Waals surface area contributed by atoms with Crippen LogP contribution < -0.4 is 0 Å². The first-order chi connectivity index (χ1) is 7.68. The molecule has 0 saturated carbocycles. The van der Waals surface area contributed by atoms with Gasteiger partial charge in [0.25, 0.3) is 10.0 Å². The van der Waals surface area contributed by atoms with Gasteiger partial charge in [0.2, 0.25) is 0 Å². The maximum absolute atomic E-state index is 11.7. The molecule has 1 aromatic carbocycles. The maximum atomic E-state index is 11.7. The number of sulfonamides is 1. The summed E-state index contributed by atoms with van der Waals surface area (Å²) in [6, 6.07) is 12.4. The third-order valence-corrected chi connectivity index (χ3v) is 4.50. The van der Waals surface area contributed by atoms with E-state index in [1.165, 1.54) is 6.21 Å². The number of hydrogen-bond donors (Lipinski definition) is 0. The van der Waals surface area contributed by atoms with Gasteiger partial charge in [-0.05, 0) is 17.0 Å². The summed E-state index contributed by atoms with van der Waals surface area (Å²) in [5.41, 5.74) is 0.766. The zero-order valence-corrected chi connectivity index (χ0v) is 9.91. The van der Waals surface area contributed by atoms with Crippen LogP contribution in [0.5, 0.6) is 0 Å². The molecule has 0 aliphatic rings. The van der Waals surface area contributed by atoms with Crippen LogP contribution >= 0.6 is 11.3 Å². The molecule has 0 aliphatic heterocycles. The lowest BCUT2D eigenvalue weighted by Crippen LogP contribution is -1.94. The molecule has 5 heteroatoms. The van der Waals surface area contributed by atoms with Gasteiger partial charge in [-0.25, -0.2) is 0 Å². The van der Waals surface area contributed by atoms with E-state index in [2.05, 4.69) is 4.40 Å². The van der Waals surface area contributed by atoms with Crippen molar-refractivity contribution in [3.05, 3.63) is 53.4 Å². The van der Waals surface area contributed by atoms with Crippen LogP contribution in [0.3, 0.4) is 0 Å². The Labute approximate surface area is 98.1 Å². The molecule has 2 aromatic rings. The molecule has 16 heavy (non-hydrogen) atoms. The summed E-state index contributed by atoms with van der Waals surface area (Å²) in [7, 11) is -3.53. The Morgan fingerprint density at radius 3 is 2.44 bits per heavy atom. The molecule has 0 spiro atoms. The fourth-order valence-corrected chi connectivity index (χ4v) is 2.98. The van der Waals surface area contributed by atoms with Crippen LogP contribution in [0.2, 0.25) is 0 Å². The van der Waals surface area contributed by atoms with Crippen LogP contribution in [0, 0.1) is 0 Å². The second-order valence-electron chi connectivity index (χ2n) is 3.05. The van der Waals surface area contributed by atoms with Crippen molar-refractivity contribution >= 4 is 27.6 Å². The minimum Gasteiger partial charge on any atom is -0.198 e. The summed E-state index contributed by atoms with van der Waals surface area (Å²) in [4.78, 5) is 0. The minimum absolute atomic E-state index is 0.264. The molecular weight excluding hydrogens is 242 g/mol. The van der Waals surface area contributed by atoms with Gasteiger partial charge in [0.15, 0.2) is 0 Å². The molecule has 0 amide bonds. The highest BCUT2D eigenvalue weighted by molar-refractivity contribution is 7.92. The highest BCUT2D eigenvalue weighted by Gasteiger charge is 2.11. The second kappa shape index (κ2) is 4.59.